The number of hydrogen-bond donors (Lipinski definition) is 1. The number of alkyl carbamates (subject to hydrolysis) is 1. The second-order valence-corrected chi connectivity index (χ2v) is 7.45. The van der Waals surface area contributed by atoms with Gasteiger partial charge in [-0.15, -0.1) is 0 Å². The van der Waals surface area contributed by atoms with Gasteiger partial charge >= 0.3 is 22.2 Å². The van der Waals surface area contributed by atoms with Crippen molar-refractivity contribution in [3.63, 3.8) is 0 Å². The van der Waals surface area contributed by atoms with Gasteiger partial charge in [0.25, 0.3) is 0 Å². The molecule has 0 aliphatic rings. The zero-order valence-electron chi connectivity index (χ0n) is 15.5. The van der Waals surface area contributed by atoms with Crippen molar-refractivity contribution < 1.29 is 31.7 Å². The van der Waals surface area contributed by atoms with Crippen LogP contribution in [0.5, 0.6) is 5.75 Å². The Morgan fingerprint density at radius 2 is 1.79 bits per heavy atom. The summed E-state index contributed by atoms with van der Waals surface area (Å²) in [6.07, 6.45) is 0.225. The Morgan fingerprint density at radius 1 is 1.07 bits per heavy atom. The number of ether oxygens (including phenoxy) is 2. The quantitative estimate of drug-likeness (QED) is 0.528. The molecule has 0 saturated heterocycles. The maximum atomic E-state index is 12.1. The molecule has 1 N–H and O–H groups in total. The molecular formula is C19H21NO7S. The summed E-state index contributed by atoms with van der Waals surface area (Å²) in [4.78, 5) is 24.1. The van der Waals surface area contributed by atoms with Crippen molar-refractivity contribution in [3.8, 4) is 5.75 Å². The number of rotatable bonds is 8. The Hall–Kier alpha value is -3.07. The zero-order chi connectivity index (χ0) is 20.6. The third-order valence-corrected chi connectivity index (χ3v) is 4.15. The van der Waals surface area contributed by atoms with E-state index in [-0.39, 0.29) is 18.9 Å². The van der Waals surface area contributed by atoms with Crippen molar-refractivity contribution in [2.45, 2.75) is 12.5 Å². The first-order valence-electron chi connectivity index (χ1n) is 8.30. The van der Waals surface area contributed by atoms with Crippen LogP contribution in [0, 0.1) is 0 Å². The van der Waals surface area contributed by atoms with Crippen LogP contribution in [0.15, 0.2) is 54.6 Å². The minimum Gasteiger partial charge on any atom is -0.468 e. The van der Waals surface area contributed by atoms with Gasteiger partial charge in [-0.3, -0.25) is 4.79 Å². The molecule has 0 radical (unpaired) electrons. The normalized spacial score (nSPS) is 11.9. The second-order valence-electron chi connectivity index (χ2n) is 5.88. The molecule has 1 unspecified atom stereocenters. The molecule has 1 atom stereocenters. The predicted octanol–water partition coefficient (Wildman–Crippen LogP) is 2.21. The highest BCUT2D eigenvalue weighted by atomic mass is 32.2. The van der Waals surface area contributed by atoms with Crippen LogP contribution >= 0.6 is 0 Å². The Labute approximate surface area is 163 Å². The first kappa shape index (κ1) is 21.2. The standard InChI is InChI=1S/C19H21NO7S/c1-25-18(21)17(15-9-6-10-16(11-15)27-28(2,23)24)12-20-19(22)26-13-14-7-4-3-5-8-14/h3-11,17H,12-13H2,1-2H3,(H,20,22). The number of amides is 1. The third kappa shape index (κ3) is 6.92. The number of methoxy groups -OCH3 is 1. The average molecular weight is 407 g/mol. The molecule has 0 saturated carbocycles. The molecule has 0 bridgehead atoms. The molecule has 150 valence electrons. The van der Waals surface area contributed by atoms with Crippen LogP contribution in [0.4, 0.5) is 4.79 Å². The summed E-state index contributed by atoms with van der Waals surface area (Å²) in [7, 11) is -2.49. The Bertz CT molecular complexity index is 913. The highest BCUT2D eigenvalue weighted by Crippen LogP contribution is 2.23. The first-order chi connectivity index (χ1) is 13.3. The summed E-state index contributed by atoms with van der Waals surface area (Å²) >= 11 is 0. The monoisotopic (exact) mass is 407 g/mol. The Morgan fingerprint density at radius 3 is 2.43 bits per heavy atom. The van der Waals surface area contributed by atoms with Gasteiger partial charge in [0.05, 0.1) is 19.3 Å². The van der Waals surface area contributed by atoms with E-state index in [9.17, 15) is 18.0 Å². The summed E-state index contributed by atoms with van der Waals surface area (Å²) in [5.41, 5.74) is 1.25. The van der Waals surface area contributed by atoms with Crippen LogP contribution in [0.2, 0.25) is 0 Å². The zero-order valence-corrected chi connectivity index (χ0v) is 16.3. The van der Waals surface area contributed by atoms with E-state index in [1.807, 2.05) is 30.3 Å². The van der Waals surface area contributed by atoms with Gasteiger partial charge in [-0.2, -0.15) is 8.42 Å². The number of carbonyl (C=O) groups is 2. The van der Waals surface area contributed by atoms with Crippen molar-refractivity contribution in [1.82, 2.24) is 5.32 Å². The highest BCUT2D eigenvalue weighted by Gasteiger charge is 2.23. The highest BCUT2D eigenvalue weighted by molar-refractivity contribution is 7.86. The molecule has 2 rings (SSSR count). The van der Waals surface area contributed by atoms with Gasteiger partial charge in [-0.05, 0) is 23.3 Å². The molecule has 8 nitrogen and oxygen atoms in total. The van der Waals surface area contributed by atoms with Crippen LogP contribution in [0.3, 0.4) is 0 Å². The van der Waals surface area contributed by atoms with Crippen molar-refractivity contribution in [2.24, 2.45) is 0 Å². The van der Waals surface area contributed by atoms with E-state index in [1.165, 1.54) is 19.2 Å². The fourth-order valence-corrected chi connectivity index (χ4v) is 2.85. The van der Waals surface area contributed by atoms with Crippen molar-refractivity contribution in [2.75, 3.05) is 19.9 Å². The summed E-state index contributed by atoms with van der Waals surface area (Å²) in [5, 5.41) is 2.51. The number of benzene rings is 2. The predicted molar refractivity (Wildman–Crippen MR) is 101 cm³/mol. The Balaban J connectivity index is 2.02. The summed E-state index contributed by atoms with van der Waals surface area (Å²) in [5.74, 6) is -1.40. The lowest BCUT2D eigenvalue weighted by Gasteiger charge is -2.16. The van der Waals surface area contributed by atoms with Crippen molar-refractivity contribution in [3.05, 3.63) is 65.7 Å². The molecule has 0 aromatic heterocycles. The first-order valence-corrected chi connectivity index (χ1v) is 10.1. The lowest BCUT2D eigenvalue weighted by Crippen LogP contribution is -2.32. The molecule has 28 heavy (non-hydrogen) atoms. The van der Waals surface area contributed by atoms with Gasteiger partial charge in [0.1, 0.15) is 12.4 Å². The Kier molecular flexibility index (Phi) is 7.39. The van der Waals surface area contributed by atoms with Gasteiger partial charge in [-0.25, -0.2) is 4.79 Å². The van der Waals surface area contributed by atoms with Gasteiger partial charge in [0.2, 0.25) is 0 Å². The molecule has 0 heterocycles. The van der Waals surface area contributed by atoms with E-state index in [0.29, 0.717) is 5.56 Å². The summed E-state index contributed by atoms with van der Waals surface area (Å²) in [6, 6.07) is 15.1. The maximum Gasteiger partial charge on any atom is 0.407 e. The maximum absolute atomic E-state index is 12.1. The number of esters is 1. The molecule has 9 heteroatoms. The van der Waals surface area contributed by atoms with E-state index >= 15 is 0 Å². The number of carbonyl (C=O) groups excluding carboxylic acids is 2. The van der Waals surface area contributed by atoms with Crippen molar-refractivity contribution >= 4 is 22.2 Å². The SMILES string of the molecule is COC(=O)C(CNC(=O)OCc1ccccc1)c1cccc(OS(C)(=O)=O)c1. The van der Waals surface area contributed by atoms with Crippen LogP contribution in [0.25, 0.3) is 0 Å². The minimum atomic E-state index is -3.71. The van der Waals surface area contributed by atoms with Crippen molar-refractivity contribution in [1.29, 1.82) is 0 Å². The lowest BCUT2D eigenvalue weighted by molar-refractivity contribution is -0.142. The van der Waals surface area contributed by atoms with Crippen LogP contribution in [-0.2, 0) is 31.0 Å². The van der Waals surface area contributed by atoms with Gasteiger partial charge < -0.3 is 19.0 Å². The fraction of sp³-hybridized carbons (Fsp3) is 0.263. The van der Waals surface area contributed by atoms with E-state index in [4.69, 9.17) is 13.7 Å². The molecule has 1 amide bonds. The third-order valence-electron chi connectivity index (χ3n) is 3.66. The fourth-order valence-electron chi connectivity index (χ4n) is 2.40. The summed E-state index contributed by atoms with van der Waals surface area (Å²) in [6.45, 7) is -0.00409. The molecule has 2 aromatic rings. The van der Waals surface area contributed by atoms with Gasteiger partial charge in [0, 0.05) is 6.54 Å². The smallest absolute Gasteiger partial charge is 0.407 e. The largest absolute Gasteiger partial charge is 0.468 e. The van der Waals surface area contributed by atoms with E-state index < -0.39 is 28.1 Å². The van der Waals surface area contributed by atoms with Crippen LogP contribution < -0.4 is 9.50 Å². The van der Waals surface area contributed by atoms with Gasteiger partial charge in [-0.1, -0.05) is 42.5 Å². The molecule has 0 aliphatic carbocycles. The molecule has 2 aromatic carbocycles. The topological polar surface area (TPSA) is 108 Å². The van der Waals surface area contributed by atoms with Gasteiger partial charge in [0.15, 0.2) is 0 Å². The van der Waals surface area contributed by atoms with E-state index in [0.717, 1.165) is 11.8 Å². The number of hydrogen-bond acceptors (Lipinski definition) is 7. The minimum absolute atomic E-state index is 0.0561. The van der Waals surface area contributed by atoms with Crippen LogP contribution in [0.1, 0.15) is 17.0 Å². The summed E-state index contributed by atoms with van der Waals surface area (Å²) < 4.78 is 37.3. The lowest BCUT2D eigenvalue weighted by atomic mass is 9.99. The van der Waals surface area contributed by atoms with E-state index in [1.54, 1.807) is 12.1 Å². The van der Waals surface area contributed by atoms with Crippen LogP contribution in [-0.4, -0.2) is 40.4 Å². The number of nitrogens with one attached hydrogen (secondary N) is 1. The molecule has 0 aliphatic heterocycles. The van der Waals surface area contributed by atoms with E-state index in [2.05, 4.69) is 5.32 Å². The average Bonchev–Trinajstić information content (AvgIpc) is 2.66. The molecule has 0 spiro atoms. The molecular weight excluding hydrogens is 386 g/mol. The second kappa shape index (κ2) is 9.75. The molecule has 0 fully saturated rings.